The molecule has 3 rings (SSSR count). The Kier molecular flexibility index (Phi) is 3.35. The van der Waals surface area contributed by atoms with Gasteiger partial charge >= 0.3 is 0 Å². The zero-order valence-corrected chi connectivity index (χ0v) is 11.8. The molecule has 0 bridgehead atoms. The van der Waals surface area contributed by atoms with Gasteiger partial charge in [0.15, 0.2) is 11.2 Å². The van der Waals surface area contributed by atoms with Crippen molar-refractivity contribution < 1.29 is 4.74 Å². The number of hydrogen-bond donors (Lipinski definition) is 0. The Morgan fingerprint density at radius 3 is 3.00 bits per heavy atom. The van der Waals surface area contributed by atoms with Crippen LogP contribution in [0.3, 0.4) is 0 Å². The van der Waals surface area contributed by atoms with Crippen LogP contribution >= 0.6 is 22.9 Å². The van der Waals surface area contributed by atoms with Crippen LogP contribution in [0.15, 0.2) is 23.2 Å². The Bertz CT molecular complexity index is 695. The normalized spacial score (nSPS) is 11.1. The summed E-state index contributed by atoms with van der Waals surface area (Å²) < 4.78 is 7.20. The van der Waals surface area contributed by atoms with Gasteiger partial charge < -0.3 is 9.30 Å². The molecule has 0 radical (unpaired) electrons. The number of rotatable bonds is 4. The second-order valence-electron chi connectivity index (χ2n) is 3.93. The van der Waals surface area contributed by atoms with E-state index in [1.54, 1.807) is 18.4 Å². The number of methoxy groups -OCH3 is 1. The fraction of sp³-hybridized carbons (Fsp3) is 0.250. The lowest BCUT2D eigenvalue weighted by molar-refractivity contribution is 0.401. The van der Waals surface area contributed by atoms with E-state index in [0.717, 1.165) is 11.5 Å². The number of aromatic nitrogens is 4. The summed E-state index contributed by atoms with van der Waals surface area (Å²) in [6, 6.07) is 2.08. The van der Waals surface area contributed by atoms with Crippen LogP contribution < -0.4 is 4.74 Å². The predicted octanol–water partition coefficient (Wildman–Crippen LogP) is 2.68. The highest BCUT2D eigenvalue weighted by molar-refractivity contribution is 7.07. The maximum absolute atomic E-state index is 5.97. The third-order valence-electron chi connectivity index (χ3n) is 2.81. The standard InChI is InChI=1S/C12H11ClN4OS/c1-18-12-10-11(14-7-15-12)17(9(4-13)16-10)5-8-2-3-19-6-8/h2-3,6-7H,4-5H2,1H3. The smallest absolute Gasteiger partial charge is 0.245 e. The lowest BCUT2D eigenvalue weighted by Crippen LogP contribution is -2.04. The Labute approximate surface area is 118 Å². The monoisotopic (exact) mass is 294 g/mol. The highest BCUT2D eigenvalue weighted by atomic mass is 35.5. The fourth-order valence-electron chi connectivity index (χ4n) is 1.94. The molecule has 0 saturated carbocycles. The zero-order chi connectivity index (χ0) is 13.2. The Morgan fingerprint density at radius 1 is 1.42 bits per heavy atom. The molecule has 3 aromatic rings. The van der Waals surface area contributed by atoms with E-state index in [4.69, 9.17) is 16.3 Å². The maximum atomic E-state index is 5.97. The van der Waals surface area contributed by atoms with E-state index < -0.39 is 0 Å². The van der Waals surface area contributed by atoms with Gasteiger partial charge in [0.1, 0.15) is 12.2 Å². The summed E-state index contributed by atoms with van der Waals surface area (Å²) >= 11 is 7.63. The van der Waals surface area contributed by atoms with Crippen LogP contribution in [0.1, 0.15) is 11.4 Å². The van der Waals surface area contributed by atoms with Crippen LogP contribution in [0.2, 0.25) is 0 Å². The summed E-state index contributed by atoms with van der Waals surface area (Å²) in [7, 11) is 1.57. The van der Waals surface area contributed by atoms with Gasteiger partial charge in [0.2, 0.25) is 5.88 Å². The molecule has 0 aliphatic heterocycles. The topological polar surface area (TPSA) is 52.8 Å². The molecule has 3 heterocycles. The first kappa shape index (κ1) is 12.4. The van der Waals surface area contributed by atoms with E-state index in [9.17, 15) is 0 Å². The summed E-state index contributed by atoms with van der Waals surface area (Å²) in [6.07, 6.45) is 1.48. The van der Waals surface area contributed by atoms with E-state index in [0.29, 0.717) is 23.8 Å². The first-order valence-corrected chi connectivity index (χ1v) is 7.12. The maximum Gasteiger partial charge on any atom is 0.245 e. The van der Waals surface area contributed by atoms with Crippen LogP contribution in [-0.2, 0) is 12.4 Å². The van der Waals surface area contributed by atoms with Crippen molar-refractivity contribution >= 4 is 34.1 Å². The fourth-order valence-corrected chi connectivity index (χ4v) is 2.81. The number of thiophene rings is 1. The van der Waals surface area contributed by atoms with Gasteiger partial charge in [-0.1, -0.05) is 0 Å². The zero-order valence-electron chi connectivity index (χ0n) is 10.2. The Morgan fingerprint density at radius 2 is 2.32 bits per heavy atom. The Hall–Kier alpha value is -1.66. The van der Waals surface area contributed by atoms with Crippen LogP contribution in [0, 0.1) is 0 Å². The molecule has 0 aromatic carbocycles. The molecule has 0 amide bonds. The van der Waals surface area contributed by atoms with Crippen molar-refractivity contribution in [3.05, 3.63) is 34.5 Å². The van der Waals surface area contributed by atoms with Crippen LogP contribution in [0.4, 0.5) is 0 Å². The molecule has 19 heavy (non-hydrogen) atoms. The molecule has 3 aromatic heterocycles. The van der Waals surface area contributed by atoms with Gasteiger partial charge in [-0.3, -0.25) is 0 Å². The van der Waals surface area contributed by atoms with E-state index in [-0.39, 0.29) is 0 Å². The van der Waals surface area contributed by atoms with Crippen LogP contribution in [0.5, 0.6) is 5.88 Å². The van der Waals surface area contributed by atoms with E-state index in [1.165, 1.54) is 11.9 Å². The third kappa shape index (κ3) is 2.17. The third-order valence-corrected chi connectivity index (χ3v) is 3.78. The quantitative estimate of drug-likeness (QED) is 0.694. The summed E-state index contributed by atoms with van der Waals surface area (Å²) in [5.74, 6) is 1.56. The molecule has 0 unspecified atom stereocenters. The predicted molar refractivity (Wildman–Crippen MR) is 74.9 cm³/mol. The number of ether oxygens (including phenoxy) is 1. The Balaban J connectivity index is 2.16. The van der Waals surface area contributed by atoms with Gasteiger partial charge in [-0.2, -0.15) is 16.3 Å². The van der Waals surface area contributed by atoms with Crippen LogP contribution in [0.25, 0.3) is 11.2 Å². The number of hydrogen-bond acceptors (Lipinski definition) is 5. The number of halogens is 1. The van der Waals surface area contributed by atoms with Gasteiger partial charge in [-0.05, 0) is 22.4 Å². The van der Waals surface area contributed by atoms with Crippen molar-refractivity contribution in [1.82, 2.24) is 19.5 Å². The van der Waals surface area contributed by atoms with Gasteiger partial charge in [-0.15, -0.1) is 11.6 Å². The molecule has 0 aliphatic carbocycles. The molecule has 7 heteroatoms. The van der Waals surface area contributed by atoms with Crippen molar-refractivity contribution in [2.24, 2.45) is 0 Å². The number of alkyl halides is 1. The molecular formula is C12H11ClN4OS. The van der Waals surface area contributed by atoms with Gasteiger partial charge in [0, 0.05) is 0 Å². The second-order valence-corrected chi connectivity index (χ2v) is 4.98. The average Bonchev–Trinajstić information content (AvgIpc) is 3.07. The summed E-state index contributed by atoms with van der Waals surface area (Å²) in [5.41, 5.74) is 2.60. The van der Waals surface area contributed by atoms with Crippen molar-refractivity contribution in [2.75, 3.05) is 7.11 Å². The second kappa shape index (κ2) is 5.14. The molecule has 0 fully saturated rings. The van der Waals surface area contributed by atoms with Crippen molar-refractivity contribution in [1.29, 1.82) is 0 Å². The van der Waals surface area contributed by atoms with Gasteiger partial charge in [0.25, 0.3) is 0 Å². The van der Waals surface area contributed by atoms with Gasteiger partial charge in [-0.25, -0.2) is 9.97 Å². The highest BCUT2D eigenvalue weighted by Crippen LogP contribution is 2.23. The molecule has 0 spiro atoms. The molecule has 0 saturated heterocycles. The van der Waals surface area contributed by atoms with Crippen molar-refractivity contribution in [3.8, 4) is 5.88 Å². The highest BCUT2D eigenvalue weighted by Gasteiger charge is 2.15. The van der Waals surface area contributed by atoms with Crippen LogP contribution in [-0.4, -0.2) is 26.6 Å². The molecule has 0 atom stereocenters. The summed E-state index contributed by atoms with van der Waals surface area (Å²) in [6.45, 7) is 0.697. The average molecular weight is 295 g/mol. The molecule has 98 valence electrons. The first-order valence-electron chi connectivity index (χ1n) is 5.64. The largest absolute Gasteiger partial charge is 0.479 e. The minimum Gasteiger partial charge on any atom is -0.479 e. The minimum absolute atomic E-state index is 0.323. The minimum atomic E-state index is 0.323. The molecular weight excluding hydrogens is 284 g/mol. The summed E-state index contributed by atoms with van der Waals surface area (Å²) in [5, 5.41) is 4.15. The van der Waals surface area contributed by atoms with Gasteiger partial charge in [0.05, 0.1) is 19.5 Å². The van der Waals surface area contributed by atoms with Crippen molar-refractivity contribution in [3.63, 3.8) is 0 Å². The van der Waals surface area contributed by atoms with E-state index >= 15 is 0 Å². The molecule has 5 nitrogen and oxygen atoms in total. The molecule has 0 aliphatic rings. The van der Waals surface area contributed by atoms with E-state index in [2.05, 4.69) is 26.4 Å². The van der Waals surface area contributed by atoms with E-state index in [1.807, 2.05) is 9.95 Å². The summed E-state index contributed by atoms with van der Waals surface area (Å²) in [4.78, 5) is 12.8. The molecule has 0 N–H and O–H groups in total. The number of fused-ring (bicyclic) bond motifs is 1. The SMILES string of the molecule is COc1ncnc2c1nc(CCl)n2Cc1ccsc1. The first-order chi connectivity index (χ1) is 9.33. The van der Waals surface area contributed by atoms with Crippen molar-refractivity contribution in [2.45, 2.75) is 12.4 Å². The number of nitrogens with zero attached hydrogens (tertiary/aromatic N) is 4. The lowest BCUT2D eigenvalue weighted by Gasteiger charge is -2.05. The lowest BCUT2D eigenvalue weighted by atomic mass is 10.3. The number of imidazole rings is 1.